The number of hydrogen-bond acceptors (Lipinski definition) is 2. The molecule has 0 aliphatic heterocycles. The van der Waals surface area contributed by atoms with Crippen LogP contribution in [0.3, 0.4) is 0 Å². The number of hydrogen-bond donors (Lipinski definition) is 0. The van der Waals surface area contributed by atoms with Crippen molar-refractivity contribution in [3.05, 3.63) is 58.4 Å². The SMILES string of the molecule is Cn1cc(Cc2cn(C)c3ccnc(Cl)c23)c2c(Cl)nccc21. The third-order valence-electron chi connectivity index (χ3n) is 4.25. The molecule has 4 aromatic heterocycles. The van der Waals surface area contributed by atoms with Gasteiger partial charge in [-0.1, -0.05) is 23.2 Å². The standard InChI is InChI=1S/C17H14Cl2N4/c1-22-8-10(14-12(22)3-5-20-16(14)18)7-11-9-23(2)13-4-6-21-17(19)15(11)13/h3-6,8-9H,7H2,1-2H3. The maximum absolute atomic E-state index is 6.33. The number of nitrogens with zero attached hydrogens (tertiary/aromatic N) is 4. The van der Waals surface area contributed by atoms with Crippen LogP contribution in [0.25, 0.3) is 21.8 Å². The highest BCUT2D eigenvalue weighted by Crippen LogP contribution is 2.32. The molecule has 6 heteroatoms. The van der Waals surface area contributed by atoms with E-state index < -0.39 is 0 Å². The van der Waals surface area contributed by atoms with E-state index in [4.69, 9.17) is 23.2 Å². The van der Waals surface area contributed by atoms with Gasteiger partial charge in [0, 0.05) is 56.1 Å². The van der Waals surface area contributed by atoms with Crippen molar-refractivity contribution >= 4 is 45.0 Å². The Hall–Kier alpha value is -2.04. The van der Waals surface area contributed by atoms with Crippen molar-refractivity contribution in [2.45, 2.75) is 6.42 Å². The summed E-state index contributed by atoms with van der Waals surface area (Å²) in [5.41, 5.74) is 4.41. The van der Waals surface area contributed by atoms with Crippen molar-refractivity contribution in [1.29, 1.82) is 0 Å². The Morgan fingerprint density at radius 2 is 1.26 bits per heavy atom. The van der Waals surface area contributed by atoms with Gasteiger partial charge in [0.2, 0.25) is 0 Å². The Bertz CT molecular complexity index is 962. The van der Waals surface area contributed by atoms with Gasteiger partial charge >= 0.3 is 0 Å². The number of fused-ring (bicyclic) bond motifs is 2. The zero-order chi connectivity index (χ0) is 16.1. The minimum absolute atomic E-state index is 0.530. The topological polar surface area (TPSA) is 35.6 Å². The fourth-order valence-electron chi connectivity index (χ4n) is 3.24. The summed E-state index contributed by atoms with van der Waals surface area (Å²) in [4.78, 5) is 8.43. The van der Waals surface area contributed by atoms with E-state index in [0.717, 1.165) is 39.4 Å². The molecule has 4 nitrogen and oxygen atoms in total. The lowest BCUT2D eigenvalue weighted by atomic mass is 10.1. The summed E-state index contributed by atoms with van der Waals surface area (Å²) >= 11 is 12.7. The van der Waals surface area contributed by atoms with Crippen LogP contribution in [0.2, 0.25) is 10.3 Å². The lowest BCUT2D eigenvalue weighted by molar-refractivity contribution is 0.948. The molecule has 0 aliphatic rings. The molecule has 23 heavy (non-hydrogen) atoms. The van der Waals surface area contributed by atoms with Gasteiger partial charge < -0.3 is 9.13 Å². The normalized spacial score (nSPS) is 11.7. The van der Waals surface area contributed by atoms with Gasteiger partial charge in [0.15, 0.2) is 0 Å². The molecule has 0 spiro atoms. The van der Waals surface area contributed by atoms with Gasteiger partial charge in [0.05, 0.1) is 11.0 Å². The van der Waals surface area contributed by atoms with E-state index in [0.29, 0.717) is 10.3 Å². The number of halogens is 2. The van der Waals surface area contributed by atoms with E-state index in [9.17, 15) is 0 Å². The Kier molecular flexibility index (Phi) is 3.32. The predicted molar refractivity (Wildman–Crippen MR) is 94.3 cm³/mol. The first-order valence-corrected chi connectivity index (χ1v) is 7.98. The lowest BCUT2D eigenvalue weighted by Gasteiger charge is -2.01. The second-order valence-corrected chi connectivity index (χ2v) is 6.42. The van der Waals surface area contributed by atoms with Crippen LogP contribution < -0.4 is 0 Å². The molecule has 4 heterocycles. The van der Waals surface area contributed by atoms with Crippen molar-refractivity contribution in [2.24, 2.45) is 14.1 Å². The van der Waals surface area contributed by atoms with Crippen LogP contribution >= 0.6 is 23.2 Å². The molecular weight excluding hydrogens is 331 g/mol. The summed E-state index contributed by atoms with van der Waals surface area (Å²) in [7, 11) is 4.03. The molecule has 0 fully saturated rings. The summed E-state index contributed by atoms with van der Waals surface area (Å²) in [5, 5.41) is 3.05. The molecule has 0 N–H and O–H groups in total. The average Bonchev–Trinajstić information content (AvgIpc) is 3.00. The van der Waals surface area contributed by atoms with Crippen molar-refractivity contribution in [3.63, 3.8) is 0 Å². The van der Waals surface area contributed by atoms with Crippen LogP contribution in [0.4, 0.5) is 0 Å². The van der Waals surface area contributed by atoms with Gasteiger partial charge in [-0.2, -0.15) is 0 Å². The first kappa shape index (κ1) is 14.5. The van der Waals surface area contributed by atoms with Crippen LogP contribution in [0.1, 0.15) is 11.1 Å². The number of aryl methyl sites for hydroxylation is 2. The fourth-order valence-corrected chi connectivity index (χ4v) is 3.79. The zero-order valence-corrected chi connectivity index (χ0v) is 14.2. The van der Waals surface area contributed by atoms with Gasteiger partial charge in [-0.05, 0) is 23.3 Å². The first-order valence-electron chi connectivity index (χ1n) is 7.23. The summed E-state index contributed by atoms with van der Waals surface area (Å²) in [6.07, 6.45) is 8.38. The molecule has 0 saturated carbocycles. The minimum atomic E-state index is 0.530. The Balaban J connectivity index is 1.93. The smallest absolute Gasteiger partial charge is 0.138 e. The number of pyridine rings is 2. The van der Waals surface area contributed by atoms with E-state index in [1.165, 1.54) is 0 Å². The van der Waals surface area contributed by atoms with Gasteiger partial charge in [0.1, 0.15) is 10.3 Å². The van der Waals surface area contributed by atoms with Crippen molar-refractivity contribution < 1.29 is 0 Å². The van der Waals surface area contributed by atoms with Crippen LogP contribution in [0.5, 0.6) is 0 Å². The van der Waals surface area contributed by atoms with E-state index in [1.54, 1.807) is 12.4 Å². The van der Waals surface area contributed by atoms with E-state index in [-0.39, 0.29) is 0 Å². The molecule has 0 aromatic carbocycles. The number of aromatic nitrogens is 4. The zero-order valence-electron chi connectivity index (χ0n) is 12.7. The largest absolute Gasteiger partial charge is 0.350 e. The Morgan fingerprint density at radius 3 is 1.70 bits per heavy atom. The minimum Gasteiger partial charge on any atom is -0.350 e. The Morgan fingerprint density at radius 1 is 0.826 bits per heavy atom. The summed E-state index contributed by atoms with van der Waals surface area (Å²) in [5.74, 6) is 0. The van der Waals surface area contributed by atoms with Crippen LogP contribution in [-0.4, -0.2) is 19.1 Å². The average molecular weight is 345 g/mol. The second kappa shape index (κ2) is 5.25. The quantitative estimate of drug-likeness (QED) is 0.506. The summed E-state index contributed by atoms with van der Waals surface area (Å²) in [6, 6.07) is 3.95. The lowest BCUT2D eigenvalue weighted by Crippen LogP contribution is -1.88. The van der Waals surface area contributed by atoms with Gasteiger partial charge in [-0.25, -0.2) is 9.97 Å². The number of rotatable bonds is 2. The highest BCUT2D eigenvalue weighted by Gasteiger charge is 2.16. The third kappa shape index (κ3) is 2.21. The fraction of sp³-hybridized carbons (Fsp3) is 0.176. The monoisotopic (exact) mass is 344 g/mol. The molecule has 0 aliphatic carbocycles. The summed E-state index contributed by atoms with van der Waals surface area (Å²) < 4.78 is 4.15. The molecule has 4 aromatic rings. The van der Waals surface area contributed by atoms with Gasteiger partial charge in [-0.3, -0.25) is 0 Å². The van der Waals surface area contributed by atoms with E-state index in [2.05, 4.69) is 31.5 Å². The van der Waals surface area contributed by atoms with Crippen LogP contribution in [0.15, 0.2) is 36.9 Å². The van der Waals surface area contributed by atoms with E-state index >= 15 is 0 Å². The first-order chi connectivity index (χ1) is 11.1. The summed E-state index contributed by atoms with van der Waals surface area (Å²) in [6.45, 7) is 0. The molecule has 0 saturated heterocycles. The van der Waals surface area contributed by atoms with Gasteiger partial charge in [-0.15, -0.1) is 0 Å². The van der Waals surface area contributed by atoms with Crippen molar-refractivity contribution in [2.75, 3.05) is 0 Å². The molecule has 116 valence electrons. The highest BCUT2D eigenvalue weighted by molar-refractivity contribution is 6.35. The predicted octanol–water partition coefficient (Wildman–Crippen LogP) is 4.36. The molecule has 0 bridgehead atoms. The molecule has 0 unspecified atom stereocenters. The second-order valence-electron chi connectivity index (χ2n) is 5.70. The molecule has 0 radical (unpaired) electrons. The van der Waals surface area contributed by atoms with Crippen LogP contribution in [-0.2, 0) is 20.5 Å². The maximum Gasteiger partial charge on any atom is 0.138 e. The molecular formula is C17H14Cl2N4. The third-order valence-corrected chi connectivity index (χ3v) is 4.82. The van der Waals surface area contributed by atoms with Gasteiger partial charge in [0.25, 0.3) is 0 Å². The molecule has 4 rings (SSSR count). The van der Waals surface area contributed by atoms with Crippen molar-refractivity contribution in [3.8, 4) is 0 Å². The maximum atomic E-state index is 6.33. The van der Waals surface area contributed by atoms with Crippen LogP contribution in [0, 0.1) is 0 Å². The Labute approximate surface area is 143 Å². The van der Waals surface area contributed by atoms with Crippen molar-refractivity contribution in [1.82, 2.24) is 19.1 Å². The van der Waals surface area contributed by atoms with E-state index in [1.807, 2.05) is 26.2 Å². The molecule has 0 atom stereocenters. The molecule has 0 amide bonds. The highest BCUT2D eigenvalue weighted by atomic mass is 35.5.